The third kappa shape index (κ3) is 5.66. The topological polar surface area (TPSA) is 81.8 Å². The van der Waals surface area contributed by atoms with E-state index in [1.165, 1.54) is 0 Å². The van der Waals surface area contributed by atoms with E-state index in [2.05, 4.69) is 32.1 Å². The molecule has 0 radical (unpaired) electrons. The molecule has 1 saturated heterocycles. The molecule has 9 heteroatoms. The summed E-state index contributed by atoms with van der Waals surface area (Å²) in [7, 11) is 0. The Labute approximate surface area is 199 Å². The van der Waals surface area contributed by atoms with Gasteiger partial charge in [-0.25, -0.2) is 14.7 Å². The first-order chi connectivity index (χ1) is 14.7. The molecule has 8 nitrogen and oxygen atoms in total. The maximum absolute atomic E-state index is 10.1. The molecule has 1 aromatic carbocycles. The Morgan fingerprint density at radius 3 is 2.61 bits per heavy atom. The van der Waals surface area contributed by atoms with E-state index < -0.39 is 0 Å². The first kappa shape index (κ1) is 22.9. The predicted octanol–water partition coefficient (Wildman–Crippen LogP) is 2.88. The summed E-state index contributed by atoms with van der Waals surface area (Å²) in [6, 6.07) is 13.4. The highest BCUT2D eigenvalue weighted by atomic mass is 127. The van der Waals surface area contributed by atoms with Crippen molar-refractivity contribution in [1.82, 2.24) is 25.0 Å². The molecule has 2 aromatic heterocycles. The van der Waals surface area contributed by atoms with Gasteiger partial charge in [-0.1, -0.05) is 12.1 Å². The first-order valence-corrected chi connectivity index (χ1v) is 10.3. The minimum absolute atomic E-state index is 0. The number of rotatable bonds is 5. The smallest absolute Gasteiger partial charge is 0.194 e. The summed E-state index contributed by atoms with van der Waals surface area (Å²) in [6.45, 7) is 6.81. The summed E-state index contributed by atoms with van der Waals surface area (Å²) in [5, 5.41) is 17.8. The lowest BCUT2D eigenvalue weighted by atomic mass is 10.2. The van der Waals surface area contributed by atoms with E-state index in [9.17, 15) is 5.11 Å². The van der Waals surface area contributed by atoms with Crippen LogP contribution in [-0.4, -0.2) is 63.5 Å². The molecule has 164 valence electrons. The lowest BCUT2D eigenvalue weighted by molar-refractivity contribution is 0.369. The standard InChI is InChI=1S/C22H27N7O.HI/c1-2-23-22(25-17-18-8-10-24-21(16-18)29-11-5-9-26-29)28-14-12-27(13-15-28)19-6-3-4-7-20(19)30;/h3-11,16,30H,2,12-15,17H2,1H3,(H,23,25);1H. The largest absolute Gasteiger partial charge is 0.506 e. The van der Waals surface area contributed by atoms with E-state index in [-0.39, 0.29) is 24.0 Å². The van der Waals surface area contributed by atoms with Crippen molar-refractivity contribution in [1.29, 1.82) is 0 Å². The van der Waals surface area contributed by atoms with Gasteiger partial charge in [0.25, 0.3) is 0 Å². The minimum Gasteiger partial charge on any atom is -0.506 e. The number of para-hydroxylation sites is 2. The number of nitrogens with zero attached hydrogens (tertiary/aromatic N) is 6. The van der Waals surface area contributed by atoms with Crippen LogP contribution in [0.15, 0.2) is 66.0 Å². The van der Waals surface area contributed by atoms with Crippen LogP contribution in [-0.2, 0) is 6.54 Å². The number of aliphatic imine (C=N–C) groups is 1. The van der Waals surface area contributed by atoms with Gasteiger partial charge in [-0.15, -0.1) is 24.0 Å². The molecular weight excluding hydrogens is 505 g/mol. The Morgan fingerprint density at radius 1 is 1.10 bits per heavy atom. The lowest BCUT2D eigenvalue weighted by Gasteiger charge is -2.37. The first-order valence-electron chi connectivity index (χ1n) is 10.3. The molecule has 0 saturated carbocycles. The van der Waals surface area contributed by atoms with Crippen LogP contribution in [0.1, 0.15) is 12.5 Å². The molecule has 2 N–H and O–H groups in total. The van der Waals surface area contributed by atoms with Gasteiger partial charge < -0.3 is 20.2 Å². The number of piperazine rings is 1. The average Bonchev–Trinajstić information content (AvgIpc) is 3.33. The highest BCUT2D eigenvalue weighted by molar-refractivity contribution is 14.0. The van der Waals surface area contributed by atoms with Crippen molar-refractivity contribution in [2.45, 2.75) is 13.5 Å². The van der Waals surface area contributed by atoms with Crippen LogP contribution < -0.4 is 10.2 Å². The van der Waals surface area contributed by atoms with Gasteiger partial charge >= 0.3 is 0 Å². The van der Waals surface area contributed by atoms with Crippen molar-refractivity contribution < 1.29 is 5.11 Å². The Bertz CT molecular complexity index is 985. The molecule has 0 atom stereocenters. The van der Waals surface area contributed by atoms with Crippen LogP contribution in [0.2, 0.25) is 0 Å². The molecule has 0 spiro atoms. The maximum atomic E-state index is 10.1. The van der Waals surface area contributed by atoms with Crippen molar-refractivity contribution in [2.24, 2.45) is 4.99 Å². The number of pyridine rings is 1. The van der Waals surface area contributed by atoms with Crippen LogP contribution in [0.4, 0.5) is 5.69 Å². The van der Waals surface area contributed by atoms with E-state index in [1.807, 2.05) is 42.6 Å². The average molecular weight is 533 g/mol. The summed E-state index contributed by atoms with van der Waals surface area (Å²) in [4.78, 5) is 13.7. The molecule has 1 fully saturated rings. The fourth-order valence-corrected chi connectivity index (χ4v) is 3.57. The number of phenolic OH excluding ortho intramolecular Hbond substituents is 1. The van der Waals surface area contributed by atoms with Crippen molar-refractivity contribution in [2.75, 3.05) is 37.6 Å². The maximum Gasteiger partial charge on any atom is 0.194 e. The zero-order valence-corrected chi connectivity index (χ0v) is 19.9. The fraction of sp³-hybridized carbons (Fsp3) is 0.318. The number of guanidine groups is 1. The normalized spacial score (nSPS) is 14.3. The van der Waals surface area contributed by atoms with Gasteiger partial charge in [-0.3, -0.25) is 0 Å². The summed E-state index contributed by atoms with van der Waals surface area (Å²) in [5.74, 6) is 2.03. The van der Waals surface area contributed by atoms with Gasteiger partial charge in [0.2, 0.25) is 0 Å². The molecule has 0 unspecified atom stereocenters. The molecule has 1 aliphatic rings. The van der Waals surface area contributed by atoms with E-state index in [0.717, 1.165) is 55.8 Å². The molecule has 4 rings (SSSR count). The van der Waals surface area contributed by atoms with Gasteiger partial charge in [0.15, 0.2) is 11.8 Å². The van der Waals surface area contributed by atoms with Crippen LogP contribution in [0, 0.1) is 0 Å². The summed E-state index contributed by atoms with van der Waals surface area (Å²) in [6.07, 6.45) is 5.41. The summed E-state index contributed by atoms with van der Waals surface area (Å²) in [5.41, 5.74) is 1.97. The number of phenols is 1. The van der Waals surface area contributed by atoms with Gasteiger partial charge in [0.05, 0.1) is 12.2 Å². The number of halogens is 1. The van der Waals surface area contributed by atoms with Crippen LogP contribution in [0.3, 0.4) is 0 Å². The molecule has 0 bridgehead atoms. The van der Waals surface area contributed by atoms with Crippen LogP contribution in [0.5, 0.6) is 5.75 Å². The molecular formula is C22H28IN7O. The fourth-order valence-electron chi connectivity index (χ4n) is 3.57. The Balaban J connectivity index is 0.00000272. The Hall–Kier alpha value is -2.82. The quantitative estimate of drug-likeness (QED) is 0.298. The van der Waals surface area contributed by atoms with Crippen molar-refractivity contribution in [3.05, 3.63) is 66.6 Å². The second-order valence-corrected chi connectivity index (χ2v) is 7.11. The monoisotopic (exact) mass is 533 g/mol. The Kier molecular flexibility index (Phi) is 8.10. The zero-order chi connectivity index (χ0) is 20.8. The summed E-state index contributed by atoms with van der Waals surface area (Å²) < 4.78 is 1.75. The van der Waals surface area contributed by atoms with Crippen molar-refractivity contribution in [3.8, 4) is 11.6 Å². The minimum atomic E-state index is 0. The van der Waals surface area contributed by atoms with E-state index >= 15 is 0 Å². The third-order valence-corrected chi connectivity index (χ3v) is 5.10. The van der Waals surface area contributed by atoms with Crippen molar-refractivity contribution in [3.63, 3.8) is 0 Å². The summed E-state index contributed by atoms with van der Waals surface area (Å²) >= 11 is 0. The number of aromatic hydroxyl groups is 1. The van der Waals surface area contributed by atoms with E-state index in [4.69, 9.17) is 4.99 Å². The number of anilines is 1. The molecule has 0 aliphatic carbocycles. The number of nitrogens with one attached hydrogen (secondary N) is 1. The number of benzene rings is 1. The third-order valence-electron chi connectivity index (χ3n) is 5.10. The molecule has 3 aromatic rings. The van der Waals surface area contributed by atoms with Crippen LogP contribution in [0.25, 0.3) is 5.82 Å². The molecule has 0 amide bonds. The van der Waals surface area contributed by atoms with Crippen LogP contribution >= 0.6 is 24.0 Å². The lowest BCUT2D eigenvalue weighted by Crippen LogP contribution is -2.52. The van der Waals surface area contributed by atoms with E-state index in [0.29, 0.717) is 12.3 Å². The molecule has 31 heavy (non-hydrogen) atoms. The SMILES string of the molecule is CCNC(=NCc1ccnc(-n2cccn2)c1)N1CCN(c2ccccc2O)CC1.I. The number of aromatic nitrogens is 3. The van der Waals surface area contributed by atoms with E-state index in [1.54, 1.807) is 23.1 Å². The number of hydrogen-bond acceptors (Lipinski definition) is 5. The molecule has 3 heterocycles. The van der Waals surface area contributed by atoms with Gasteiger partial charge in [0.1, 0.15) is 5.75 Å². The Morgan fingerprint density at radius 2 is 1.90 bits per heavy atom. The van der Waals surface area contributed by atoms with Gasteiger partial charge in [0, 0.05) is 51.3 Å². The predicted molar refractivity (Wildman–Crippen MR) is 133 cm³/mol. The van der Waals surface area contributed by atoms with Crippen molar-refractivity contribution >= 4 is 35.6 Å². The van der Waals surface area contributed by atoms with Gasteiger partial charge in [-0.2, -0.15) is 5.10 Å². The second-order valence-electron chi connectivity index (χ2n) is 7.11. The molecule has 1 aliphatic heterocycles. The highest BCUT2D eigenvalue weighted by Gasteiger charge is 2.21. The number of hydrogen-bond donors (Lipinski definition) is 2. The second kappa shape index (κ2) is 11.0. The van der Waals surface area contributed by atoms with Gasteiger partial charge in [-0.05, 0) is 42.8 Å². The zero-order valence-electron chi connectivity index (χ0n) is 17.6. The highest BCUT2D eigenvalue weighted by Crippen LogP contribution is 2.27.